The van der Waals surface area contributed by atoms with Gasteiger partial charge >= 0.3 is 6.09 Å². The third kappa shape index (κ3) is 5.29. The predicted molar refractivity (Wildman–Crippen MR) is 151 cm³/mol. The number of nitrogens with zero attached hydrogens (tertiary/aromatic N) is 1. The van der Waals surface area contributed by atoms with Crippen LogP contribution in [0.15, 0.2) is 40.9 Å². The molecule has 7 heteroatoms. The van der Waals surface area contributed by atoms with Crippen LogP contribution >= 0.6 is 15.9 Å². The second kappa shape index (κ2) is 12.3. The van der Waals surface area contributed by atoms with Crippen LogP contribution in [-0.2, 0) is 23.2 Å². The molecule has 1 unspecified atom stereocenters. The Hall–Kier alpha value is -2.25. The van der Waals surface area contributed by atoms with E-state index in [1.165, 1.54) is 24.0 Å². The molecule has 1 N–H and O–H groups in total. The summed E-state index contributed by atoms with van der Waals surface area (Å²) in [5.74, 6) is 1.82. The van der Waals surface area contributed by atoms with E-state index in [1.54, 1.807) is 0 Å². The Bertz CT molecular complexity index is 1110. The Labute approximate surface area is 234 Å². The normalized spacial score (nSPS) is 24.1. The van der Waals surface area contributed by atoms with Gasteiger partial charge in [0.15, 0.2) is 11.5 Å². The van der Waals surface area contributed by atoms with Crippen LogP contribution in [0.3, 0.4) is 0 Å². The average molecular weight is 587 g/mol. The number of rotatable bonds is 9. The summed E-state index contributed by atoms with van der Waals surface area (Å²) < 4.78 is 19.1. The number of unbranched alkanes of at least 4 members (excludes halogenated alkanes) is 1. The molecule has 1 saturated carbocycles. The Morgan fingerprint density at radius 1 is 1.13 bits per heavy atom. The van der Waals surface area contributed by atoms with Gasteiger partial charge in [-0.25, -0.2) is 4.79 Å². The minimum atomic E-state index is -0.212. The number of benzene rings is 2. The highest BCUT2D eigenvalue weighted by molar-refractivity contribution is 9.10. The highest BCUT2D eigenvalue weighted by Gasteiger charge is 2.54. The minimum absolute atomic E-state index is 0.0197. The first-order valence-corrected chi connectivity index (χ1v) is 15.1. The smallest absolute Gasteiger partial charge is 0.410 e. The van der Waals surface area contributed by atoms with Crippen LogP contribution in [0.25, 0.3) is 0 Å². The lowest BCUT2D eigenvalue weighted by atomic mass is 9.54. The predicted octanol–water partition coefficient (Wildman–Crippen LogP) is 6.78. The van der Waals surface area contributed by atoms with Crippen molar-refractivity contribution >= 4 is 22.0 Å². The number of aliphatic hydroxyl groups is 1. The van der Waals surface area contributed by atoms with Crippen LogP contribution in [0, 0.1) is 5.92 Å². The number of hydrogen-bond donors (Lipinski definition) is 1. The molecule has 1 amide bonds. The Morgan fingerprint density at radius 3 is 2.74 bits per heavy atom. The van der Waals surface area contributed by atoms with Crippen molar-refractivity contribution in [2.45, 2.75) is 82.8 Å². The van der Waals surface area contributed by atoms with Gasteiger partial charge in [-0.3, -0.25) is 0 Å². The number of amides is 1. The summed E-state index contributed by atoms with van der Waals surface area (Å²) in [4.78, 5) is 15.5. The highest BCUT2D eigenvalue weighted by atomic mass is 79.9. The number of aliphatic hydroxyl groups excluding tert-OH is 1. The fourth-order valence-corrected chi connectivity index (χ4v) is 7.74. The van der Waals surface area contributed by atoms with E-state index in [4.69, 9.17) is 14.2 Å². The summed E-state index contributed by atoms with van der Waals surface area (Å²) in [6.07, 6.45) is 9.25. The number of halogens is 1. The van der Waals surface area contributed by atoms with Crippen LogP contribution in [0.4, 0.5) is 4.79 Å². The molecule has 2 bridgehead atoms. The third-order valence-corrected chi connectivity index (χ3v) is 9.59. The Balaban J connectivity index is 1.51. The molecule has 0 radical (unpaired) electrons. The van der Waals surface area contributed by atoms with Gasteiger partial charge in [0.2, 0.25) is 0 Å². The van der Waals surface area contributed by atoms with E-state index in [1.807, 2.05) is 35.2 Å². The van der Waals surface area contributed by atoms with Crippen LogP contribution < -0.4 is 9.47 Å². The number of carbonyl (C=O) groups excluding carboxylic acids is 1. The van der Waals surface area contributed by atoms with Crippen LogP contribution in [0.5, 0.6) is 11.5 Å². The SMILES string of the molecule is CCCCOc1cc2c(c(Br)c1OCCO)C[C@H]1C3CCCC[C@@]23CCCN1C(=O)OCc1ccccc1. The molecule has 206 valence electrons. The molecule has 5 rings (SSSR count). The van der Waals surface area contributed by atoms with Crippen molar-refractivity contribution in [3.05, 3.63) is 57.6 Å². The van der Waals surface area contributed by atoms with Crippen molar-refractivity contribution in [1.29, 1.82) is 0 Å². The second-order valence-electron chi connectivity index (χ2n) is 10.9. The van der Waals surface area contributed by atoms with Crippen LogP contribution in [0.1, 0.15) is 75.0 Å². The summed E-state index contributed by atoms with van der Waals surface area (Å²) >= 11 is 3.90. The number of carbonyl (C=O) groups is 1. The monoisotopic (exact) mass is 585 g/mol. The first kappa shape index (κ1) is 27.3. The standard InChI is InChI=1S/C31H40BrNO5/c1-2-3-17-36-27-20-25-23(28(32)29(27)37-18-16-34)19-26-24-12-7-8-13-31(24,25)14-9-15-33(26)30(35)38-21-22-10-5-4-6-11-22/h4-6,10-11,20,24,26,34H,2-3,7-9,12-19,21H2,1H3/t24?,26-,31-/m0/s1. The van der Waals surface area contributed by atoms with Gasteiger partial charge in [0.25, 0.3) is 0 Å². The maximum atomic E-state index is 13.5. The number of fused-ring (bicyclic) bond motifs is 1. The molecule has 6 nitrogen and oxygen atoms in total. The lowest BCUT2D eigenvalue weighted by molar-refractivity contribution is 0.0439. The lowest BCUT2D eigenvalue weighted by Gasteiger charge is -2.52. The zero-order chi connectivity index (χ0) is 26.5. The molecule has 2 fully saturated rings. The van der Waals surface area contributed by atoms with Gasteiger partial charge in [0.1, 0.15) is 13.2 Å². The molecule has 2 aromatic carbocycles. The van der Waals surface area contributed by atoms with Gasteiger partial charge in [-0.15, -0.1) is 0 Å². The van der Waals surface area contributed by atoms with Gasteiger partial charge in [-0.05, 0) is 83.1 Å². The van der Waals surface area contributed by atoms with Crippen molar-refractivity contribution in [1.82, 2.24) is 4.90 Å². The van der Waals surface area contributed by atoms with E-state index >= 15 is 0 Å². The fourth-order valence-electron chi connectivity index (χ4n) is 7.05. The van der Waals surface area contributed by atoms with Crippen LogP contribution in [-0.4, -0.2) is 48.5 Å². The second-order valence-corrected chi connectivity index (χ2v) is 11.7. The van der Waals surface area contributed by atoms with Crippen molar-refractivity contribution in [3.63, 3.8) is 0 Å². The zero-order valence-electron chi connectivity index (χ0n) is 22.4. The highest BCUT2D eigenvalue weighted by Crippen LogP contribution is 2.58. The van der Waals surface area contributed by atoms with Crippen molar-refractivity contribution in [2.75, 3.05) is 26.4 Å². The van der Waals surface area contributed by atoms with Gasteiger partial charge in [-0.1, -0.05) is 56.5 Å². The average Bonchev–Trinajstić information content (AvgIpc) is 3.07. The van der Waals surface area contributed by atoms with E-state index in [-0.39, 0.29) is 37.4 Å². The summed E-state index contributed by atoms with van der Waals surface area (Å²) in [5.41, 5.74) is 3.60. The van der Waals surface area contributed by atoms with E-state index in [9.17, 15) is 9.90 Å². The van der Waals surface area contributed by atoms with E-state index in [0.717, 1.165) is 67.3 Å². The summed E-state index contributed by atoms with van der Waals surface area (Å²) in [6, 6.07) is 12.2. The Kier molecular flexibility index (Phi) is 8.84. The largest absolute Gasteiger partial charge is 0.490 e. The molecule has 2 aromatic rings. The Morgan fingerprint density at radius 2 is 1.95 bits per heavy atom. The minimum Gasteiger partial charge on any atom is -0.490 e. The zero-order valence-corrected chi connectivity index (χ0v) is 24.0. The molecule has 1 saturated heterocycles. The molecule has 0 aromatic heterocycles. The summed E-state index contributed by atoms with van der Waals surface area (Å²) in [5, 5.41) is 9.47. The molecule has 0 spiro atoms. The molecular formula is C31H40BrNO5. The van der Waals surface area contributed by atoms with Gasteiger partial charge in [0.05, 0.1) is 17.7 Å². The maximum Gasteiger partial charge on any atom is 0.410 e. The summed E-state index contributed by atoms with van der Waals surface area (Å²) in [6.45, 7) is 3.94. The summed E-state index contributed by atoms with van der Waals surface area (Å²) in [7, 11) is 0. The molecule has 1 aliphatic heterocycles. The molecule has 2 aliphatic carbocycles. The molecule has 3 atom stereocenters. The van der Waals surface area contributed by atoms with Crippen LogP contribution in [0.2, 0.25) is 0 Å². The van der Waals surface area contributed by atoms with Crippen molar-refractivity contribution < 1.29 is 24.1 Å². The third-order valence-electron chi connectivity index (χ3n) is 8.76. The first-order valence-electron chi connectivity index (χ1n) is 14.3. The molecule has 3 aliphatic rings. The van der Waals surface area contributed by atoms with Gasteiger partial charge in [0, 0.05) is 18.0 Å². The fraction of sp³-hybridized carbons (Fsp3) is 0.581. The van der Waals surface area contributed by atoms with Crippen molar-refractivity contribution in [3.8, 4) is 11.5 Å². The van der Waals surface area contributed by atoms with Gasteiger partial charge in [-0.2, -0.15) is 0 Å². The topological polar surface area (TPSA) is 68.2 Å². The molecular weight excluding hydrogens is 546 g/mol. The lowest BCUT2D eigenvalue weighted by Crippen LogP contribution is -2.54. The van der Waals surface area contributed by atoms with Gasteiger partial charge < -0.3 is 24.2 Å². The number of hydrogen-bond acceptors (Lipinski definition) is 5. The quantitative estimate of drug-likeness (QED) is 0.328. The molecule has 38 heavy (non-hydrogen) atoms. The van der Waals surface area contributed by atoms with Crippen molar-refractivity contribution in [2.24, 2.45) is 5.92 Å². The van der Waals surface area contributed by atoms with E-state index in [0.29, 0.717) is 18.3 Å². The van der Waals surface area contributed by atoms with E-state index in [2.05, 4.69) is 28.9 Å². The molecule has 1 heterocycles. The number of ether oxygens (including phenoxy) is 3. The maximum absolute atomic E-state index is 13.5. The van der Waals surface area contributed by atoms with E-state index < -0.39 is 0 Å². The first-order chi connectivity index (χ1) is 18.6. The number of likely N-dealkylation sites (tertiary alicyclic amines) is 1.